The predicted molar refractivity (Wildman–Crippen MR) is 111 cm³/mol. The highest BCUT2D eigenvalue weighted by atomic mass is 16.2. The molecule has 1 spiro atoms. The summed E-state index contributed by atoms with van der Waals surface area (Å²) >= 11 is 0. The van der Waals surface area contributed by atoms with Crippen LogP contribution in [0.1, 0.15) is 47.3 Å². The lowest BCUT2D eigenvalue weighted by Gasteiger charge is -2.42. The molecule has 4 amide bonds. The van der Waals surface area contributed by atoms with Gasteiger partial charge in [0.15, 0.2) is 0 Å². The number of carbonyl (C=O) groups is 3. The predicted octanol–water partition coefficient (Wildman–Crippen LogP) is 2.49. The van der Waals surface area contributed by atoms with Gasteiger partial charge in [0.25, 0.3) is 11.8 Å². The fourth-order valence-corrected chi connectivity index (χ4v) is 4.58. The van der Waals surface area contributed by atoms with E-state index in [1.54, 1.807) is 9.80 Å². The number of imidazole rings is 1. The molecular weight excluding hydrogens is 382 g/mol. The van der Waals surface area contributed by atoms with Crippen molar-refractivity contribution < 1.29 is 14.4 Å². The second-order valence-corrected chi connectivity index (χ2v) is 8.02. The van der Waals surface area contributed by atoms with Crippen LogP contribution in [0, 0.1) is 13.8 Å². The van der Waals surface area contributed by atoms with Crippen molar-refractivity contribution in [2.75, 3.05) is 19.6 Å². The maximum Gasteiger partial charge on any atom is 0.327 e. The van der Waals surface area contributed by atoms with Crippen molar-refractivity contribution in [3.8, 4) is 0 Å². The molecule has 2 aliphatic rings. The van der Waals surface area contributed by atoms with E-state index in [9.17, 15) is 14.4 Å². The number of carbonyl (C=O) groups excluding carboxylic acids is 3. The van der Waals surface area contributed by atoms with E-state index >= 15 is 0 Å². The lowest BCUT2D eigenvalue weighted by atomic mass is 9.85. The molecule has 1 aromatic carbocycles. The van der Waals surface area contributed by atoms with Gasteiger partial charge in [0.2, 0.25) is 0 Å². The Morgan fingerprint density at radius 3 is 2.37 bits per heavy atom. The zero-order valence-electron chi connectivity index (χ0n) is 17.6. The highest BCUT2D eigenvalue weighted by Crippen LogP contribution is 2.38. The monoisotopic (exact) mass is 409 g/mol. The number of aryl methyl sites for hydroxylation is 2. The SMILES string of the molecule is CCN1C(=O)N(Cc2ccccc2)C2(CCN(C(=O)c3nc(C)[nH]c3C)CC2)C1=O. The summed E-state index contributed by atoms with van der Waals surface area (Å²) in [6.07, 6.45) is 0.851. The minimum atomic E-state index is -0.893. The molecule has 0 unspecified atom stereocenters. The number of imide groups is 1. The summed E-state index contributed by atoms with van der Waals surface area (Å²) in [5.41, 5.74) is 1.26. The van der Waals surface area contributed by atoms with Crippen LogP contribution in [-0.2, 0) is 11.3 Å². The number of H-pyrrole nitrogens is 1. The van der Waals surface area contributed by atoms with E-state index in [1.165, 1.54) is 4.90 Å². The van der Waals surface area contributed by atoms with E-state index in [2.05, 4.69) is 9.97 Å². The fraction of sp³-hybridized carbons (Fsp3) is 0.455. The highest BCUT2D eigenvalue weighted by Gasteiger charge is 2.57. The second-order valence-electron chi connectivity index (χ2n) is 8.02. The van der Waals surface area contributed by atoms with Crippen molar-refractivity contribution in [3.63, 3.8) is 0 Å². The molecule has 2 fully saturated rings. The Hall–Kier alpha value is -3.16. The van der Waals surface area contributed by atoms with Crippen LogP contribution >= 0.6 is 0 Å². The Morgan fingerprint density at radius 1 is 1.13 bits per heavy atom. The van der Waals surface area contributed by atoms with Crippen molar-refractivity contribution >= 4 is 17.8 Å². The number of likely N-dealkylation sites (tertiary alicyclic amines) is 1. The number of hydrogen-bond acceptors (Lipinski definition) is 4. The third kappa shape index (κ3) is 3.16. The van der Waals surface area contributed by atoms with E-state index in [0.29, 0.717) is 50.5 Å². The van der Waals surface area contributed by atoms with Gasteiger partial charge >= 0.3 is 6.03 Å². The molecule has 0 saturated carbocycles. The number of aromatic amines is 1. The number of nitrogens with one attached hydrogen (secondary N) is 1. The number of aromatic nitrogens is 2. The van der Waals surface area contributed by atoms with Gasteiger partial charge in [-0.3, -0.25) is 14.5 Å². The first-order valence-electron chi connectivity index (χ1n) is 10.4. The van der Waals surface area contributed by atoms with Crippen molar-refractivity contribution in [2.24, 2.45) is 0 Å². The van der Waals surface area contributed by atoms with Crippen LogP contribution in [0.3, 0.4) is 0 Å². The van der Waals surface area contributed by atoms with Gasteiger partial charge in [0.05, 0.1) is 0 Å². The first-order chi connectivity index (χ1) is 14.4. The first kappa shape index (κ1) is 20.1. The van der Waals surface area contributed by atoms with Gasteiger partial charge in [-0.15, -0.1) is 0 Å². The molecule has 1 N–H and O–H groups in total. The minimum Gasteiger partial charge on any atom is -0.346 e. The van der Waals surface area contributed by atoms with E-state index in [1.807, 2.05) is 51.1 Å². The maximum absolute atomic E-state index is 13.3. The van der Waals surface area contributed by atoms with Crippen LogP contribution in [0.5, 0.6) is 0 Å². The summed E-state index contributed by atoms with van der Waals surface area (Å²) in [5, 5.41) is 0. The molecule has 0 aliphatic carbocycles. The Morgan fingerprint density at radius 2 is 1.80 bits per heavy atom. The van der Waals surface area contributed by atoms with Crippen LogP contribution < -0.4 is 0 Å². The highest BCUT2D eigenvalue weighted by molar-refractivity contribution is 6.07. The first-order valence-corrected chi connectivity index (χ1v) is 10.4. The van der Waals surface area contributed by atoms with Gasteiger partial charge in [-0.25, -0.2) is 9.78 Å². The van der Waals surface area contributed by atoms with Crippen molar-refractivity contribution in [1.82, 2.24) is 24.7 Å². The Labute approximate surface area is 175 Å². The molecule has 30 heavy (non-hydrogen) atoms. The van der Waals surface area contributed by atoms with Crippen LogP contribution in [0.2, 0.25) is 0 Å². The molecule has 3 heterocycles. The summed E-state index contributed by atoms with van der Waals surface area (Å²) in [7, 11) is 0. The third-order valence-electron chi connectivity index (χ3n) is 6.20. The molecule has 8 heteroatoms. The average Bonchev–Trinajstić information content (AvgIpc) is 3.18. The van der Waals surface area contributed by atoms with E-state index in [-0.39, 0.29) is 17.8 Å². The molecule has 0 bridgehead atoms. The standard InChI is InChI=1S/C22H27N5O3/c1-4-26-20(29)22(27(21(26)30)14-17-8-6-5-7-9-17)10-12-25(13-11-22)19(28)18-15(2)23-16(3)24-18/h5-9H,4,10-14H2,1-3H3,(H,23,24). The lowest BCUT2D eigenvalue weighted by Crippen LogP contribution is -2.57. The van der Waals surface area contributed by atoms with Crippen molar-refractivity contribution in [1.29, 1.82) is 0 Å². The molecule has 4 rings (SSSR count). The molecule has 0 atom stereocenters. The molecule has 2 saturated heterocycles. The number of amides is 4. The summed E-state index contributed by atoms with van der Waals surface area (Å²) in [6, 6.07) is 9.46. The normalized spacial score (nSPS) is 18.6. The Balaban J connectivity index is 1.57. The van der Waals surface area contributed by atoms with Crippen LogP contribution in [0.25, 0.3) is 0 Å². The summed E-state index contributed by atoms with van der Waals surface area (Å²) < 4.78 is 0. The van der Waals surface area contributed by atoms with Gasteiger partial charge in [0.1, 0.15) is 17.1 Å². The molecule has 2 aromatic rings. The zero-order valence-corrected chi connectivity index (χ0v) is 17.6. The van der Waals surface area contributed by atoms with Crippen LogP contribution in [0.15, 0.2) is 30.3 Å². The molecule has 2 aliphatic heterocycles. The maximum atomic E-state index is 13.3. The Kier molecular flexibility index (Phi) is 5.09. The number of piperidine rings is 1. The average molecular weight is 409 g/mol. The number of rotatable bonds is 4. The van der Waals surface area contributed by atoms with E-state index < -0.39 is 5.54 Å². The molecule has 0 radical (unpaired) electrons. The number of benzene rings is 1. The number of hydrogen-bond donors (Lipinski definition) is 1. The van der Waals surface area contributed by atoms with Gasteiger partial charge in [-0.05, 0) is 39.2 Å². The van der Waals surface area contributed by atoms with Crippen LogP contribution in [-0.4, -0.2) is 67.7 Å². The van der Waals surface area contributed by atoms with E-state index in [4.69, 9.17) is 0 Å². The number of urea groups is 1. The quantitative estimate of drug-likeness (QED) is 0.786. The fourth-order valence-electron chi connectivity index (χ4n) is 4.58. The largest absolute Gasteiger partial charge is 0.346 e. The number of nitrogens with zero attached hydrogens (tertiary/aromatic N) is 4. The third-order valence-corrected chi connectivity index (χ3v) is 6.20. The summed E-state index contributed by atoms with van der Waals surface area (Å²) in [4.78, 5) is 51.4. The molecule has 158 valence electrons. The number of likely N-dealkylation sites (N-methyl/N-ethyl adjacent to an activating group) is 1. The van der Waals surface area contributed by atoms with Gasteiger partial charge < -0.3 is 14.8 Å². The van der Waals surface area contributed by atoms with Crippen molar-refractivity contribution in [2.45, 2.75) is 45.7 Å². The second kappa shape index (κ2) is 7.59. The zero-order chi connectivity index (χ0) is 21.5. The minimum absolute atomic E-state index is 0.134. The molecule has 8 nitrogen and oxygen atoms in total. The topological polar surface area (TPSA) is 89.6 Å². The Bertz CT molecular complexity index is 976. The van der Waals surface area contributed by atoms with E-state index in [0.717, 1.165) is 11.3 Å². The van der Waals surface area contributed by atoms with Crippen molar-refractivity contribution in [3.05, 3.63) is 53.1 Å². The summed E-state index contributed by atoms with van der Waals surface area (Å²) in [5.74, 6) is 0.420. The smallest absolute Gasteiger partial charge is 0.327 e. The molecular formula is C22H27N5O3. The lowest BCUT2D eigenvalue weighted by molar-refractivity contribution is -0.135. The van der Waals surface area contributed by atoms with Gasteiger partial charge in [-0.1, -0.05) is 30.3 Å². The van der Waals surface area contributed by atoms with Gasteiger partial charge in [-0.2, -0.15) is 0 Å². The van der Waals surface area contributed by atoms with Gasteiger partial charge in [0, 0.05) is 31.9 Å². The van der Waals surface area contributed by atoms with Crippen LogP contribution in [0.4, 0.5) is 4.79 Å². The molecule has 1 aromatic heterocycles. The summed E-state index contributed by atoms with van der Waals surface area (Å²) in [6.45, 7) is 7.01.